The van der Waals surface area contributed by atoms with Crippen LogP contribution in [0.5, 0.6) is 11.5 Å². The summed E-state index contributed by atoms with van der Waals surface area (Å²) >= 11 is 0.365. The number of aliphatic hydroxyl groups is 1. The molecule has 3 fully saturated rings. The molecule has 6 rings (SSSR count). The van der Waals surface area contributed by atoms with Gasteiger partial charge in [-0.25, -0.2) is 0 Å². The number of carbonyl (C=O) groups excluding carboxylic acids is 2. The summed E-state index contributed by atoms with van der Waals surface area (Å²) in [5.41, 5.74) is -5.09. The lowest BCUT2D eigenvalue weighted by molar-refractivity contribution is -0.163. The molecule has 1 aliphatic carbocycles. The fourth-order valence-corrected chi connectivity index (χ4v) is 8.93. The zero-order chi connectivity index (χ0) is 40.5. The Bertz CT molecular complexity index is 1890. The first kappa shape index (κ1) is 41.3. The fraction of sp³-hybridized carbons (Fsp3) is 0.538. The number of carboxylic acid groups (broad SMARTS) is 1. The first-order valence-corrected chi connectivity index (χ1v) is 19.5. The van der Waals surface area contributed by atoms with E-state index in [9.17, 15) is 50.9 Å². The number of aliphatic carboxylic acids is 1. The van der Waals surface area contributed by atoms with Crippen LogP contribution in [-0.4, -0.2) is 80.2 Å². The molecular formula is C39H43F6N3O7S. The lowest BCUT2D eigenvalue weighted by atomic mass is 9.78. The second-order valence-corrected chi connectivity index (χ2v) is 15.6. The van der Waals surface area contributed by atoms with Gasteiger partial charge in [-0.1, -0.05) is 31.5 Å². The van der Waals surface area contributed by atoms with Gasteiger partial charge in [0.1, 0.15) is 22.1 Å². The second kappa shape index (κ2) is 16.2. The average molecular weight is 812 g/mol. The minimum atomic E-state index is -4.92. The monoisotopic (exact) mass is 811 g/mol. The van der Waals surface area contributed by atoms with Crippen molar-refractivity contribution in [3.63, 3.8) is 0 Å². The highest BCUT2D eigenvalue weighted by Crippen LogP contribution is 2.45. The minimum absolute atomic E-state index is 0.0266. The molecule has 1 saturated carbocycles. The predicted octanol–water partition coefficient (Wildman–Crippen LogP) is 7.94. The number of piperidine rings is 2. The summed E-state index contributed by atoms with van der Waals surface area (Å²) in [6, 6.07) is 8.32. The number of pyridine rings is 1. The van der Waals surface area contributed by atoms with E-state index in [4.69, 9.17) is 9.47 Å². The molecule has 304 valence electrons. The van der Waals surface area contributed by atoms with Crippen LogP contribution < -0.4 is 9.47 Å². The Labute approximate surface area is 323 Å². The van der Waals surface area contributed by atoms with Crippen LogP contribution in [0.25, 0.3) is 0 Å². The van der Waals surface area contributed by atoms with E-state index in [2.05, 4.69) is 4.98 Å². The smallest absolute Gasteiger partial charge is 0.425 e. The number of benzene rings is 1. The fourth-order valence-electron chi connectivity index (χ4n) is 8.25. The van der Waals surface area contributed by atoms with Crippen LogP contribution >= 0.6 is 11.3 Å². The Balaban J connectivity index is 1.29. The molecule has 0 spiro atoms. The molecule has 0 bridgehead atoms. The van der Waals surface area contributed by atoms with Crippen molar-refractivity contribution in [2.24, 2.45) is 5.92 Å². The van der Waals surface area contributed by atoms with E-state index in [1.807, 2.05) is 0 Å². The number of para-hydroxylation sites is 1. The molecular weight excluding hydrogens is 768 g/mol. The largest absolute Gasteiger partial charge is 0.490 e. The number of hydrogen-bond acceptors (Lipinski definition) is 8. The van der Waals surface area contributed by atoms with E-state index in [1.54, 1.807) is 31.2 Å². The van der Waals surface area contributed by atoms with Crippen LogP contribution in [0, 0.1) is 5.92 Å². The summed E-state index contributed by atoms with van der Waals surface area (Å²) in [7, 11) is 0. The van der Waals surface area contributed by atoms with E-state index in [0.717, 1.165) is 34.7 Å². The third-order valence-corrected chi connectivity index (χ3v) is 12.1. The summed E-state index contributed by atoms with van der Waals surface area (Å²) in [6.45, 7) is 1.64. The Kier molecular flexibility index (Phi) is 12.0. The molecule has 4 heterocycles. The van der Waals surface area contributed by atoms with Gasteiger partial charge >= 0.3 is 18.3 Å². The maximum Gasteiger partial charge on any atom is 0.425 e. The summed E-state index contributed by atoms with van der Waals surface area (Å²) in [6.07, 6.45) is -6.34. The number of carbonyl (C=O) groups is 3. The second-order valence-electron chi connectivity index (χ2n) is 14.7. The predicted molar refractivity (Wildman–Crippen MR) is 191 cm³/mol. The number of aromatic nitrogens is 1. The zero-order valence-electron chi connectivity index (χ0n) is 30.6. The molecule has 2 saturated heterocycles. The van der Waals surface area contributed by atoms with Crippen LogP contribution in [0.1, 0.15) is 97.6 Å². The van der Waals surface area contributed by atoms with Crippen molar-refractivity contribution in [1.82, 2.24) is 14.8 Å². The number of nitrogens with zero attached hydrogens (tertiary/aromatic N) is 3. The Hall–Kier alpha value is -4.38. The van der Waals surface area contributed by atoms with E-state index < -0.39 is 69.4 Å². The zero-order valence-corrected chi connectivity index (χ0v) is 31.4. The Morgan fingerprint density at radius 2 is 1.64 bits per heavy atom. The van der Waals surface area contributed by atoms with E-state index >= 15 is 0 Å². The number of amides is 2. The number of thiophene rings is 1. The molecule has 17 heteroatoms. The first-order chi connectivity index (χ1) is 26.5. The SMILES string of the molecule is CCC[C@H]1N(C(=O)c2ncccc2C(F)(F)F)CCC[C@@]1(Oc1csc(C(F)(F)F)c1)C(=O)N1CCC(O)(c2ccccc2OC2CCC(C(=O)O)CC2)CC1. The summed E-state index contributed by atoms with van der Waals surface area (Å²) < 4.78 is 95.9. The third kappa shape index (κ3) is 8.48. The van der Waals surface area contributed by atoms with E-state index in [1.165, 1.54) is 4.90 Å². The molecule has 0 unspecified atom stereocenters. The van der Waals surface area contributed by atoms with E-state index in [0.29, 0.717) is 54.8 Å². The molecule has 3 aromatic rings. The number of likely N-dealkylation sites (tertiary alicyclic amines) is 2. The van der Waals surface area contributed by atoms with Crippen molar-refractivity contribution >= 4 is 29.1 Å². The number of hydrogen-bond donors (Lipinski definition) is 2. The van der Waals surface area contributed by atoms with Gasteiger partial charge in [0.25, 0.3) is 11.8 Å². The molecule has 1 aromatic carbocycles. The van der Waals surface area contributed by atoms with Crippen LogP contribution in [0.15, 0.2) is 54.0 Å². The molecule has 2 atom stereocenters. The standard InChI is InChI=1S/C39H43F6N3O7S/c1-2-7-30-37(55-26-22-31(56-23-26)39(43,44)45,15-6-19-48(30)33(49)32-28(38(40,41)42)9-5-18-46-32)35(52)47-20-16-36(53,17-21-47)27-8-3-4-10-29(27)54-25-13-11-24(12-14-25)34(50)51/h3-5,8-10,18,22-25,30,53H,2,6-7,11-17,19-21H2,1H3,(H,50,51)/t24?,25?,30-,37+/m1/s1. The Morgan fingerprint density at radius 1 is 0.946 bits per heavy atom. The maximum atomic E-state index is 15.0. The summed E-state index contributed by atoms with van der Waals surface area (Å²) in [5, 5.41) is 22.5. The van der Waals surface area contributed by atoms with Gasteiger partial charge in [-0.2, -0.15) is 26.3 Å². The molecule has 2 amide bonds. The highest BCUT2D eigenvalue weighted by molar-refractivity contribution is 7.10. The molecule has 10 nitrogen and oxygen atoms in total. The summed E-state index contributed by atoms with van der Waals surface area (Å²) in [4.78, 5) is 45.8. The van der Waals surface area contributed by atoms with Crippen LogP contribution in [0.3, 0.4) is 0 Å². The number of carboxylic acids is 1. The van der Waals surface area contributed by atoms with Crippen molar-refractivity contribution < 1.29 is 60.4 Å². The van der Waals surface area contributed by atoms with E-state index in [-0.39, 0.29) is 63.6 Å². The van der Waals surface area contributed by atoms with Gasteiger partial charge in [-0.15, -0.1) is 11.3 Å². The van der Waals surface area contributed by atoms with Crippen molar-refractivity contribution in [3.8, 4) is 11.5 Å². The Morgan fingerprint density at radius 3 is 2.27 bits per heavy atom. The average Bonchev–Trinajstić information content (AvgIpc) is 3.65. The van der Waals surface area contributed by atoms with Gasteiger partial charge in [0.15, 0.2) is 0 Å². The highest BCUT2D eigenvalue weighted by Gasteiger charge is 2.57. The van der Waals surface area contributed by atoms with Crippen LogP contribution in [-0.2, 0) is 27.5 Å². The van der Waals surface area contributed by atoms with Crippen molar-refractivity contribution in [2.45, 2.75) is 107 Å². The molecule has 0 radical (unpaired) electrons. The van der Waals surface area contributed by atoms with Crippen molar-refractivity contribution in [2.75, 3.05) is 19.6 Å². The van der Waals surface area contributed by atoms with Gasteiger partial charge in [-0.3, -0.25) is 19.4 Å². The molecule has 2 aromatic heterocycles. The topological polar surface area (TPSA) is 130 Å². The maximum absolute atomic E-state index is 15.0. The van der Waals surface area contributed by atoms with Gasteiger partial charge < -0.3 is 29.5 Å². The molecule has 2 N–H and O–H groups in total. The lowest BCUT2D eigenvalue weighted by Crippen LogP contribution is -2.68. The number of alkyl halides is 6. The minimum Gasteiger partial charge on any atom is -0.490 e. The van der Waals surface area contributed by atoms with Gasteiger partial charge in [0, 0.05) is 49.3 Å². The van der Waals surface area contributed by atoms with Crippen LogP contribution in [0.2, 0.25) is 0 Å². The quantitative estimate of drug-likeness (QED) is 0.198. The molecule has 3 aliphatic rings. The number of ether oxygens (including phenoxy) is 2. The number of halogens is 6. The van der Waals surface area contributed by atoms with Gasteiger partial charge in [0.05, 0.1) is 29.2 Å². The lowest BCUT2D eigenvalue weighted by Gasteiger charge is -2.51. The third-order valence-electron chi connectivity index (χ3n) is 11.1. The first-order valence-electron chi connectivity index (χ1n) is 18.7. The van der Waals surface area contributed by atoms with Crippen molar-refractivity contribution in [1.29, 1.82) is 0 Å². The van der Waals surface area contributed by atoms with Crippen molar-refractivity contribution in [3.05, 3.63) is 75.7 Å². The number of rotatable bonds is 10. The normalized spacial score (nSPS) is 24.4. The molecule has 56 heavy (non-hydrogen) atoms. The van der Waals surface area contributed by atoms with Gasteiger partial charge in [0.2, 0.25) is 5.60 Å². The summed E-state index contributed by atoms with van der Waals surface area (Å²) in [5.74, 6) is -2.86. The molecule has 2 aliphatic heterocycles. The van der Waals surface area contributed by atoms with Gasteiger partial charge in [-0.05, 0) is 69.6 Å². The highest BCUT2D eigenvalue weighted by atomic mass is 32.1. The van der Waals surface area contributed by atoms with Crippen LogP contribution in [0.4, 0.5) is 26.3 Å².